The molecule has 4 aromatic rings. The zero-order valence-corrected chi connectivity index (χ0v) is 59.0. The highest BCUT2D eigenvalue weighted by Crippen LogP contribution is 2.61. The normalized spacial score (nSPS) is 29.0. The molecule has 0 radical (unpaired) electrons. The van der Waals surface area contributed by atoms with Crippen LogP contribution in [-0.4, -0.2) is 187 Å². The second kappa shape index (κ2) is 32.1. The van der Waals surface area contributed by atoms with Crippen LogP contribution < -0.4 is 5.73 Å². The third-order valence-electron chi connectivity index (χ3n) is 19.3. The standard InChI is InChI=1S/C10H10O5.2C10H10O4.C10H10O3.C10H12O3.C9H7NO5.C9H11NO3.C7H5NO4/c1-9-6(12)5-7(13-5)10(8(9)15-9)3-2-4(11)14-10;1-9-6(11)2-4-10(8(9)14-9)5-3-7(12)13-10;1-5-4-10(3-2-6(11)14-10)9-8(13-9)7(5)12;1-7-6-10(4-2-8(7)11)5-3-9(12)13-10;1-7-6-8(2-4-9(7)11)3-5-10(12)13;11-8-3-1-6(2-4-9(12)13)5-7(8)10(14)15;10-7-5-6(1-3-8(7)11)2-4-9(12)13;9-4-5-1-2-7(10)6(3-5)8(11)12/h5,7-8H,2-3H2,1H3;2,4,8H,3,5H2,1H3;4,8-9H,2-3H2,1H3;2,4,6H,3,5H2,1H3;2,4,6,11H,3,5H2,1H3,(H,12,13);1-5,11H,(H,12,13);1,3,5,11H,2,4,10H2,(H,12,13);1-4,10H/b;;;;;4-2+;;. The number of nitrogens with zero attached hydrogens (tertiary/aromatic N) is 2. The van der Waals surface area contributed by atoms with Gasteiger partial charge in [-0.1, -0.05) is 24.3 Å². The van der Waals surface area contributed by atoms with Crippen molar-refractivity contribution in [2.45, 2.75) is 182 Å². The van der Waals surface area contributed by atoms with Crippen LogP contribution in [0.15, 0.2) is 126 Å². The first-order valence-corrected chi connectivity index (χ1v) is 33.8. The maximum absolute atomic E-state index is 11.8. The van der Waals surface area contributed by atoms with E-state index in [1.54, 1.807) is 89.3 Å². The van der Waals surface area contributed by atoms with E-state index in [1.165, 1.54) is 36.4 Å². The number of nitro benzene ring substituents is 2. The average Bonchev–Trinajstić information content (AvgIpc) is 1.49. The van der Waals surface area contributed by atoms with Crippen molar-refractivity contribution in [2.24, 2.45) is 0 Å². The number of ketones is 4. The number of aliphatic carboxylic acids is 3. The average molecular weight is 1510 g/mol. The maximum Gasteiger partial charge on any atom is 0.328 e. The summed E-state index contributed by atoms with van der Waals surface area (Å²) in [6, 6.07) is 16.9. The number of anilines is 1. The van der Waals surface area contributed by atoms with Gasteiger partial charge in [-0.2, -0.15) is 0 Å². The van der Waals surface area contributed by atoms with Gasteiger partial charge in [0.1, 0.15) is 48.3 Å². The molecule has 4 spiro atoms. The molecule has 4 aliphatic carbocycles. The van der Waals surface area contributed by atoms with E-state index in [2.05, 4.69) is 0 Å². The molecule has 0 amide bonds. The van der Waals surface area contributed by atoms with Gasteiger partial charge in [0.25, 0.3) is 0 Å². The summed E-state index contributed by atoms with van der Waals surface area (Å²) >= 11 is 0. The predicted molar refractivity (Wildman–Crippen MR) is 371 cm³/mol. The number of ether oxygens (including phenoxy) is 8. The minimum absolute atomic E-state index is 0.00562. The summed E-state index contributed by atoms with van der Waals surface area (Å²) in [5.41, 5.74) is 5.08. The van der Waals surface area contributed by atoms with Crippen LogP contribution in [0, 0.1) is 27.2 Å². The van der Waals surface area contributed by atoms with Crippen molar-refractivity contribution >= 4 is 94.3 Å². The summed E-state index contributed by atoms with van der Waals surface area (Å²) in [5, 5.41) is 82.2. The fraction of sp³-hybridized carbons (Fsp3) is 0.387. The highest BCUT2D eigenvalue weighted by Gasteiger charge is 2.84. The van der Waals surface area contributed by atoms with E-state index in [4.69, 9.17) is 74.3 Å². The van der Waals surface area contributed by atoms with Gasteiger partial charge in [0, 0.05) is 88.0 Å². The zero-order chi connectivity index (χ0) is 80.0. The lowest BCUT2D eigenvalue weighted by Gasteiger charge is -2.27. The van der Waals surface area contributed by atoms with Gasteiger partial charge < -0.3 is 79.4 Å². The molecule has 576 valence electrons. The topological polar surface area (TPSA) is 546 Å². The Morgan fingerprint density at radius 3 is 1.61 bits per heavy atom. The molecular formula is C75H75N3O31. The van der Waals surface area contributed by atoms with Gasteiger partial charge in [-0.05, 0) is 160 Å². The van der Waals surface area contributed by atoms with Gasteiger partial charge in [0.2, 0.25) is 0 Å². The Labute approximate surface area is 618 Å². The fourth-order valence-corrected chi connectivity index (χ4v) is 13.3. The summed E-state index contributed by atoms with van der Waals surface area (Å²) in [4.78, 5) is 150. The molecule has 34 heteroatoms. The number of phenolic OH excluding ortho intramolecular Hbond substituents is 4. The lowest BCUT2D eigenvalue weighted by Crippen LogP contribution is -2.52. The van der Waals surface area contributed by atoms with E-state index in [9.17, 15) is 82.9 Å². The number of aromatic hydroxyl groups is 4. The molecule has 34 nitrogen and oxygen atoms in total. The number of phenols is 4. The summed E-state index contributed by atoms with van der Waals surface area (Å²) in [6.07, 6.45) is 15.9. The number of fused-ring (bicyclic) bond motifs is 8. The lowest BCUT2D eigenvalue weighted by atomic mass is 9.77. The number of carbonyl (C=O) groups is 12. The van der Waals surface area contributed by atoms with Crippen molar-refractivity contribution in [1.29, 1.82) is 0 Å². The Kier molecular flexibility index (Phi) is 23.9. The molecule has 16 rings (SSSR count). The number of carboxylic acid groups (broad SMARTS) is 3. The van der Waals surface area contributed by atoms with Crippen molar-refractivity contribution < 1.29 is 141 Å². The summed E-state index contributed by atoms with van der Waals surface area (Å²) in [6.45, 7) is 8.77. The molecule has 8 heterocycles. The third kappa shape index (κ3) is 18.6. The van der Waals surface area contributed by atoms with Gasteiger partial charge >= 0.3 is 53.2 Å². The molecule has 12 unspecified atom stereocenters. The number of Topliss-reactive ketones (excluding diaryl/α,β-unsaturated/α-hetero) is 2. The van der Waals surface area contributed by atoms with Crippen molar-refractivity contribution in [3.8, 4) is 23.0 Å². The molecule has 8 aliphatic heterocycles. The summed E-state index contributed by atoms with van der Waals surface area (Å²) in [5.74, 6) is -4.21. The molecule has 9 fully saturated rings. The second-order valence-electron chi connectivity index (χ2n) is 27.3. The van der Waals surface area contributed by atoms with Gasteiger partial charge in [0.05, 0.1) is 15.5 Å². The molecule has 8 saturated heterocycles. The largest absolute Gasteiger partial charge is 0.508 e. The summed E-state index contributed by atoms with van der Waals surface area (Å²) < 4.78 is 42.5. The Morgan fingerprint density at radius 2 is 1.09 bits per heavy atom. The zero-order valence-electron chi connectivity index (χ0n) is 59.0. The molecule has 12 atom stereocenters. The highest BCUT2D eigenvalue weighted by atomic mass is 16.7. The van der Waals surface area contributed by atoms with Crippen LogP contribution in [0.1, 0.15) is 125 Å². The molecule has 9 N–H and O–H groups in total. The van der Waals surface area contributed by atoms with Crippen LogP contribution >= 0.6 is 0 Å². The van der Waals surface area contributed by atoms with E-state index in [0.717, 1.165) is 47.0 Å². The predicted octanol–water partition coefficient (Wildman–Crippen LogP) is 6.65. The van der Waals surface area contributed by atoms with Gasteiger partial charge in [-0.15, -0.1) is 0 Å². The van der Waals surface area contributed by atoms with Gasteiger partial charge in [-0.3, -0.25) is 73.0 Å². The van der Waals surface area contributed by atoms with Crippen molar-refractivity contribution in [2.75, 3.05) is 5.73 Å². The van der Waals surface area contributed by atoms with Crippen LogP contribution in [0.25, 0.3) is 6.08 Å². The molecule has 0 bridgehead atoms. The molecular weight excluding hydrogens is 1440 g/mol. The number of hydrogen-bond acceptors (Lipinski definition) is 29. The first-order valence-electron chi connectivity index (χ1n) is 33.8. The smallest absolute Gasteiger partial charge is 0.328 e. The SMILES string of the molecule is CC12OC1C1(C=CC2=O)CCC(=O)O1.CC12OC1C1(CCC(=O)O1)C1OC1C2=O.CC1=CC2(C=CC1=O)CCC(=O)O2.CC1=CC2(CCC(=O)O2)C2OC2C1=O.Cc1cc(CCC(=O)O)ccc1O.Nc1cc(CCC(=O)O)ccc1O.O=C(O)/C=C/c1ccc(O)c([N+](=O)[O-])c1.O=Cc1ccc(O)c([N+](=O)[O-])c1. The summed E-state index contributed by atoms with van der Waals surface area (Å²) in [7, 11) is 0. The number of carbonyl (C=O) groups excluding carboxylic acids is 9. The number of allylic oxidation sites excluding steroid dienone is 2. The first-order chi connectivity index (χ1) is 51.2. The number of nitrogen functional groups attached to an aromatic ring is 1. The van der Waals surface area contributed by atoms with Crippen molar-refractivity contribution in [1.82, 2.24) is 0 Å². The third-order valence-corrected chi connectivity index (χ3v) is 19.3. The van der Waals surface area contributed by atoms with Crippen LogP contribution in [0.3, 0.4) is 0 Å². The minimum Gasteiger partial charge on any atom is -0.508 e. The Hall–Kier alpha value is -12.1. The van der Waals surface area contributed by atoms with Crippen LogP contribution in [-0.2, 0) is 103 Å². The number of benzene rings is 4. The number of nitrogens with two attached hydrogens (primary N) is 1. The van der Waals surface area contributed by atoms with E-state index in [0.29, 0.717) is 87.2 Å². The van der Waals surface area contributed by atoms with Crippen LogP contribution in [0.5, 0.6) is 23.0 Å². The van der Waals surface area contributed by atoms with E-state index in [-0.39, 0.29) is 113 Å². The quantitative estimate of drug-likeness (QED) is 0.00895. The molecule has 0 aromatic heterocycles. The molecule has 12 aliphatic rings. The fourth-order valence-electron chi connectivity index (χ4n) is 13.3. The monoisotopic (exact) mass is 1510 g/mol. The highest BCUT2D eigenvalue weighted by molar-refractivity contribution is 6.05. The number of nitro groups is 2. The van der Waals surface area contributed by atoms with Gasteiger partial charge in [0.15, 0.2) is 74.3 Å². The Bertz CT molecular complexity index is 4540. The second-order valence-corrected chi connectivity index (χ2v) is 27.3. The van der Waals surface area contributed by atoms with Crippen molar-refractivity contribution in [3.63, 3.8) is 0 Å². The van der Waals surface area contributed by atoms with Gasteiger partial charge in [-0.25, -0.2) is 4.79 Å². The van der Waals surface area contributed by atoms with Crippen molar-refractivity contribution in [3.05, 3.63) is 175 Å². The number of carboxylic acids is 3. The molecule has 109 heavy (non-hydrogen) atoms. The minimum atomic E-state index is -1.15. The van der Waals surface area contributed by atoms with Crippen LogP contribution in [0.4, 0.5) is 17.1 Å². The van der Waals surface area contributed by atoms with E-state index in [1.807, 2.05) is 0 Å². The Morgan fingerprint density at radius 1 is 0.569 bits per heavy atom. The number of hydrogen-bond donors (Lipinski definition) is 8. The van der Waals surface area contributed by atoms with E-state index >= 15 is 0 Å². The maximum atomic E-state index is 11.8. The number of aldehydes is 1. The van der Waals surface area contributed by atoms with Crippen LogP contribution in [0.2, 0.25) is 0 Å². The number of rotatable bonds is 11. The Balaban J connectivity index is 0.000000144. The van der Waals surface area contributed by atoms with E-state index < -0.39 is 90.3 Å². The molecule has 1 saturated carbocycles. The number of epoxide rings is 4. The molecule has 4 aromatic carbocycles. The number of aryl methyl sites for hydroxylation is 3. The first kappa shape index (κ1) is 80.9. The lowest BCUT2D eigenvalue weighted by molar-refractivity contribution is -0.386. The number of esters is 4.